The fourth-order valence-corrected chi connectivity index (χ4v) is 1.67. The maximum Gasteiger partial charge on any atom is 0.144 e. The van der Waals surface area contributed by atoms with Gasteiger partial charge in [0.1, 0.15) is 5.82 Å². The van der Waals surface area contributed by atoms with Crippen molar-refractivity contribution in [2.45, 2.75) is 27.3 Å². The van der Waals surface area contributed by atoms with E-state index in [2.05, 4.69) is 41.1 Å². The van der Waals surface area contributed by atoms with Gasteiger partial charge in [0.05, 0.1) is 18.1 Å². The molecule has 0 atom stereocenters. The average Bonchev–Trinajstić information content (AvgIpc) is 2.20. The van der Waals surface area contributed by atoms with E-state index >= 15 is 0 Å². The highest BCUT2D eigenvalue weighted by molar-refractivity contribution is 5.30. The van der Waals surface area contributed by atoms with Crippen molar-refractivity contribution in [3.05, 3.63) is 18.1 Å². The molecule has 0 aliphatic heterocycles. The van der Waals surface area contributed by atoms with Crippen LogP contribution in [0.25, 0.3) is 0 Å². The molecule has 0 spiro atoms. The van der Waals surface area contributed by atoms with Crippen molar-refractivity contribution in [3.8, 4) is 0 Å². The minimum atomic E-state index is 0.680. The third-order valence-electron chi connectivity index (χ3n) is 2.17. The fraction of sp³-hybridized carbons (Fsp3) is 0.667. The first-order valence-electron chi connectivity index (χ1n) is 5.85. The molecule has 0 aliphatic rings. The predicted octanol–water partition coefficient (Wildman–Crippen LogP) is 2.00. The van der Waals surface area contributed by atoms with Crippen LogP contribution in [0.3, 0.4) is 0 Å². The highest BCUT2D eigenvalue weighted by Crippen LogP contribution is 2.04. The zero-order chi connectivity index (χ0) is 12.0. The minimum Gasteiger partial charge on any atom is -0.369 e. The van der Waals surface area contributed by atoms with Gasteiger partial charge in [-0.3, -0.25) is 4.98 Å². The summed E-state index contributed by atoms with van der Waals surface area (Å²) >= 11 is 0. The van der Waals surface area contributed by atoms with Crippen molar-refractivity contribution in [2.75, 3.05) is 25.5 Å². The van der Waals surface area contributed by atoms with Gasteiger partial charge in [-0.2, -0.15) is 0 Å². The third-order valence-corrected chi connectivity index (χ3v) is 2.17. The summed E-state index contributed by atoms with van der Waals surface area (Å²) in [5.41, 5.74) is 1.02. The Bertz CT molecular complexity index is 294. The molecule has 0 saturated heterocycles. The summed E-state index contributed by atoms with van der Waals surface area (Å²) in [5, 5.41) is 3.13. The molecule has 1 rings (SSSR count). The van der Waals surface area contributed by atoms with E-state index in [1.807, 2.05) is 13.1 Å². The van der Waals surface area contributed by atoms with Gasteiger partial charge < -0.3 is 10.2 Å². The summed E-state index contributed by atoms with van der Waals surface area (Å²) in [5.74, 6) is 1.52. The van der Waals surface area contributed by atoms with Crippen molar-refractivity contribution in [3.63, 3.8) is 0 Å². The van der Waals surface area contributed by atoms with Crippen molar-refractivity contribution < 1.29 is 0 Å². The van der Waals surface area contributed by atoms with Crippen LogP contribution in [-0.4, -0.2) is 35.0 Å². The molecule has 0 unspecified atom stereocenters. The molecule has 1 aromatic rings. The molecule has 90 valence electrons. The van der Waals surface area contributed by atoms with Crippen LogP contribution in [0.4, 0.5) is 5.82 Å². The monoisotopic (exact) mass is 222 g/mol. The van der Waals surface area contributed by atoms with Crippen molar-refractivity contribution >= 4 is 5.82 Å². The molecule has 0 aromatic carbocycles. The van der Waals surface area contributed by atoms with Gasteiger partial charge in [-0.15, -0.1) is 0 Å². The first-order valence-corrected chi connectivity index (χ1v) is 5.85. The van der Waals surface area contributed by atoms with Crippen LogP contribution in [0, 0.1) is 5.92 Å². The molecule has 1 heterocycles. The number of aromatic nitrogens is 2. The minimum absolute atomic E-state index is 0.680. The van der Waals surface area contributed by atoms with E-state index in [-0.39, 0.29) is 0 Å². The van der Waals surface area contributed by atoms with E-state index in [1.165, 1.54) is 0 Å². The first-order chi connectivity index (χ1) is 7.61. The van der Waals surface area contributed by atoms with Gasteiger partial charge in [-0.05, 0) is 19.9 Å². The Morgan fingerprint density at radius 3 is 2.56 bits per heavy atom. The number of hydrogen-bond donors (Lipinski definition) is 1. The van der Waals surface area contributed by atoms with Crippen molar-refractivity contribution in [1.82, 2.24) is 14.9 Å². The molecule has 0 saturated carbocycles. The van der Waals surface area contributed by atoms with Crippen LogP contribution in [0.1, 0.15) is 26.5 Å². The average molecular weight is 222 g/mol. The van der Waals surface area contributed by atoms with Gasteiger partial charge in [0.25, 0.3) is 0 Å². The van der Waals surface area contributed by atoms with Crippen LogP contribution in [0.5, 0.6) is 0 Å². The Hall–Kier alpha value is -1.16. The van der Waals surface area contributed by atoms with Gasteiger partial charge in [0, 0.05) is 19.6 Å². The Morgan fingerprint density at radius 2 is 2.06 bits per heavy atom. The largest absolute Gasteiger partial charge is 0.369 e. The molecule has 0 amide bonds. The van der Waals surface area contributed by atoms with Gasteiger partial charge in [0.15, 0.2) is 0 Å². The standard InChI is InChI=1S/C12H22N4/c1-5-13-12-7-14-11(6-15-12)9-16(4)8-10(2)3/h6-7,10H,5,8-9H2,1-4H3,(H,13,15). The topological polar surface area (TPSA) is 41.1 Å². The molecule has 4 heteroatoms. The summed E-state index contributed by atoms with van der Waals surface area (Å²) in [6.07, 6.45) is 3.64. The Morgan fingerprint density at radius 1 is 1.31 bits per heavy atom. The highest BCUT2D eigenvalue weighted by Gasteiger charge is 2.04. The van der Waals surface area contributed by atoms with Crippen LogP contribution in [0.15, 0.2) is 12.4 Å². The van der Waals surface area contributed by atoms with E-state index in [1.54, 1.807) is 6.20 Å². The second kappa shape index (κ2) is 6.43. The second-order valence-corrected chi connectivity index (χ2v) is 4.51. The lowest BCUT2D eigenvalue weighted by Gasteiger charge is -2.18. The van der Waals surface area contributed by atoms with E-state index in [9.17, 15) is 0 Å². The zero-order valence-electron chi connectivity index (χ0n) is 10.7. The molecule has 0 aliphatic carbocycles. The molecule has 0 fully saturated rings. The van der Waals surface area contributed by atoms with E-state index in [0.717, 1.165) is 31.1 Å². The molecule has 4 nitrogen and oxygen atoms in total. The van der Waals surface area contributed by atoms with Crippen LogP contribution >= 0.6 is 0 Å². The van der Waals surface area contributed by atoms with Gasteiger partial charge >= 0.3 is 0 Å². The zero-order valence-corrected chi connectivity index (χ0v) is 10.7. The maximum absolute atomic E-state index is 4.38. The summed E-state index contributed by atoms with van der Waals surface area (Å²) < 4.78 is 0. The lowest BCUT2D eigenvalue weighted by Crippen LogP contribution is -2.23. The SMILES string of the molecule is CCNc1cnc(CN(C)CC(C)C)cn1. The number of nitrogens with zero attached hydrogens (tertiary/aromatic N) is 3. The molecule has 0 radical (unpaired) electrons. The predicted molar refractivity (Wildman–Crippen MR) is 67.4 cm³/mol. The Kier molecular flexibility index (Phi) is 5.19. The molecule has 0 bridgehead atoms. The summed E-state index contributed by atoms with van der Waals surface area (Å²) in [7, 11) is 2.11. The normalized spacial score (nSPS) is 11.1. The summed E-state index contributed by atoms with van der Waals surface area (Å²) in [4.78, 5) is 10.9. The van der Waals surface area contributed by atoms with Crippen molar-refractivity contribution in [1.29, 1.82) is 0 Å². The Balaban J connectivity index is 2.48. The molecule has 1 N–H and O–H groups in total. The number of hydrogen-bond acceptors (Lipinski definition) is 4. The lowest BCUT2D eigenvalue weighted by molar-refractivity contribution is 0.285. The summed E-state index contributed by atoms with van der Waals surface area (Å²) in [6.45, 7) is 9.30. The van der Waals surface area contributed by atoms with Crippen LogP contribution in [0.2, 0.25) is 0 Å². The van der Waals surface area contributed by atoms with Gasteiger partial charge in [-0.25, -0.2) is 4.98 Å². The van der Waals surface area contributed by atoms with Crippen LogP contribution < -0.4 is 5.32 Å². The van der Waals surface area contributed by atoms with Gasteiger partial charge in [-0.1, -0.05) is 13.8 Å². The Labute approximate surface area is 98.1 Å². The van der Waals surface area contributed by atoms with E-state index in [0.29, 0.717) is 5.92 Å². The fourth-order valence-electron chi connectivity index (χ4n) is 1.67. The molecular formula is C12H22N4. The molecular weight excluding hydrogens is 200 g/mol. The van der Waals surface area contributed by atoms with Crippen molar-refractivity contribution in [2.24, 2.45) is 5.92 Å². The van der Waals surface area contributed by atoms with Gasteiger partial charge in [0.2, 0.25) is 0 Å². The smallest absolute Gasteiger partial charge is 0.144 e. The second-order valence-electron chi connectivity index (χ2n) is 4.51. The quantitative estimate of drug-likeness (QED) is 0.799. The van der Waals surface area contributed by atoms with E-state index < -0.39 is 0 Å². The number of rotatable bonds is 6. The number of nitrogens with one attached hydrogen (secondary N) is 1. The third kappa shape index (κ3) is 4.57. The van der Waals surface area contributed by atoms with Crippen LogP contribution in [-0.2, 0) is 6.54 Å². The molecule has 1 aromatic heterocycles. The summed E-state index contributed by atoms with van der Waals surface area (Å²) in [6, 6.07) is 0. The molecule has 16 heavy (non-hydrogen) atoms. The maximum atomic E-state index is 4.38. The van der Waals surface area contributed by atoms with E-state index in [4.69, 9.17) is 0 Å². The highest BCUT2D eigenvalue weighted by atomic mass is 15.1. The number of anilines is 1. The first kappa shape index (κ1) is 12.9. The lowest BCUT2D eigenvalue weighted by atomic mass is 10.2.